The van der Waals surface area contributed by atoms with Gasteiger partial charge in [0.15, 0.2) is 9.84 Å². The lowest BCUT2D eigenvalue weighted by atomic mass is 10.1. The number of aryl methyl sites for hydroxylation is 1. The monoisotopic (exact) mass is 411 g/mol. The highest BCUT2D eigenvalue weighted by Gasteiger charge is 2.21. The summed E-state index contributed by atoms with van der Waals surface area (Å²) in [6.45, 7) is 3.32. The van der Waals surface area contributed by atoms with Crippen molar-refractivity contribution in [3.8, 4) is 0 Å². The molecule has 0 heterocycles. The average Bonchev–Trinajstić information content (AvgIpc) is 2.60. The molecule has 0 aliphatic carbocycles. The van der Waals surface area contributed by atoms with Crippen molar-refractivity contribution in [2.24, 2.45) is 0 Å². The highest BCUT2D eigenvalue weighted by molar-refractivity contribution is 7.90. The van der Waals surface area contributed by atoms with Crippen LogP contribution in [0, 0.1) is 6.92 Å². The van der Waals surface area contributed by atoms with Gasteiger partial charge in [0, 0.05) is 12.3 Å². The molecule has 1 atom stereocenters. The van der Waals surface area contributed by atoms with Gasteiger partial charge in [-0.05, 0) is 49.2 Å². The molecule has 2 aromatic carbocycles. The van der Waals surface area contributed by atoms with Gasteiger partial charge >= 0.3 is 5.97 Å². The third kappa shape index (κ3) is 4.94. The number of hydrogen-bond acceptors (Lipinski definition) is 6. The van der Waals surface area contributed by atoms with Crippen LogP contribution in [0.5, 0.6) is 0 Å². The van der Waals surface area contributed by atoms with Crippen LogP contribution in [0.1, 0.15) is 34.5 Å². The summed E-state index contributed by atoms with van der Waals surface area (Å²) < 4.78 is 55.5. The van der Waals surface area contributed by atoms with E-state index in [1.165, 1.54) is 37.4 Å². The average molecular weight is 412 g/mol. The van der Waals surface area contributed by atoms with Gasteiger partial charge in [0.2, 0.25) is 10.0 Å². The highest BCUT2D eigenvalue weighted by Crippen LogP contribution is 2.21. The second-order valence-electron chi connectivity index (χ2n) is 6.15. The van der Waals surface area contributed by atoms with E-state index in [1.54, 1.807) is 26.0 Å². The first-order valence-electron chi connectivity index (χ1n) is 7.97. The van der Waals surface area contributed by atoms with E-state index in [-0.39, 0.29) is 15.4 Å². The second-order valence-corrected chi connectivity index (χ2v) is 9.88. The van der Waals surface area contributed by atoms with Crippen molar-refractivity contribution >= 4 is 25.8 Å². The molecule has 9 heteroatoms. The zero-order valence-corrected chi connectivity index (χ0v) is 17.0. The van der Waals surface area contributed by atoms with E-state index < -0.39 is 31.9 Å². The Labute approximate surface area is 159 Å². The van der Waals surface area contributed by atoms with Gasteiger partial charge in [-0.3, -0.25) is 0 Å². The van der Waals surface area contributed by atoms with Crippen LogP contribution in [-0.4, -0.2) is 36.2 Å². The second kappa shape index (κ2) is 7.79. The Hall–Kier alpha value is -2.23. The van der Waals surface area contributed by atoms with Crippen LogP contribution in [0.25, 0.3) is 0 Å². The molecular formula is C18H21NO6S2. The molecule has 2 aromatic rings. The number of sulfone groups is 1. The van der Waals surface area contributed by atoms with Gasteiger partial charge in [0.1, 0.15) is 0 Å². The Kier molecular flexibility index (Phi) is 6.08. The van der Waals surface area contributed by atoms with Crippen LogP contribution in [0.3, 0.4) is 0 Å². The number of carbonyl (C=O) groups excluding carboxylic acids is 1. The zero-order chi connectivity index (χ0) is 20.4. The molecule has 146 valence electrons. The summed E-state index contributed by atoms with van der Waals surface area (Å²) in [6.07, 6.45) is 1.10. The fourth-order valence-corrected chi connectivity index (χ4v) is 4.36. The van der Waals surface area contributed by atoms with E-state index in [0.717, 1.165) is 6.26 Å². The fraction of sp³-hybridized carbons (Fsp3) is 0.278. The van der Waals surface area contributed by atoms with Crippen molar-refractivity contribution in [2.75, 3.05) is 13.4 Å². The Balaban J connectivity index is 2.29. The normalized spacial score (nSPS) is 13.2. The van der Waals surface area contributed by atoms with Gasteiger partial charge in [0.05, 0.1) is 22.5 Å². The lowest BCUT2D eigenvalue weighted by molar-refractivity contribution is 0.0599. The van der Waals surface area contributed by atoms with Gasteiger partial charge in [-0.1, -0.05) is 18.2 Å². The van der Waals surface area contributed by atoms with Crippen LogP contribution in [-0.2, 0) is 24.6 Å². The molecule has 7 nitrogen and oxygen atoms in total. The molecule has 0 saturated carbocycles. The number of rotatable bonds is 6. The van der Waals surface area contributed by atoms with E-state index in [1.807, 2.05) is 0 Å². The zero-order valence-electron chi connectivity index (χ0n) is 15.4. The van der Waals surface area contributed by atoms with Crippen molar-refractivity contribution in [2.45, 2.75) is 29.7 Å². The maximum atomic E-state index is 12.7. The van der Waals surface area contributed by atoms with E-state index in [4.69, 9.17) is 0 Å². The largest absolute Gasteiger partial charge is 0.465 e. The van der Waals surface area contributed by atoms with Gasteiger partial charge in [0.25, 0.3) is 0 Å². The molecule has 0 aromatic heterocycles. The molecule has 0 radical (unpaired) electrons. The molecule has 0 aliphatic rings. The van der Waals surface area contributed by atoms with Crippen molar-refractivity contribution in [3.63, 3.8) is 0 Å². The topological polar surface area (TPSA) is 107 Å². The number of sulfonamides is 1. The van der Waals surface area contributed by atoms with Crippen molar-refractivity contribution in [1.82, 2.24) is 4.72 Å². The van der Waals surface area contributed by atoms with Gasteiger partial charge < -0.3 is 4.74 Å². The SMILES string of the molecule is COC(=O)c1cc(S(=O)(=O)N[C@@H](C)c2ccc(S(C)(=O)=O)cc2)ccc1C. The minimum absolute atomic E-state index is 0.0619. The predicted molar refractivity (Wildman–Crippen MR) is 101 cm³/mol. The summed E-state index contributed by atoms with van der Waals surface area (Å²) in [6, 6.07) is 9.57. The van der Waals surface area contributed by atoms with E-state index in [9.17, 15) is 21.6 Å². The lowest BCUT2D eigenvalue weighted by Gasteiger charge is -2.16. The summed E-state index contributed by atoms with van der Waals surface area (Å²) in [4.78, 5) is 11.9. The Morgan fingerprint density at radius 1 is 1.00 bits per heavy atom. The molecule has 0 fully saturated rings. The van der Waals surface area contributed by atoms with Crippen molar-refractivity contribution in [1.29, 1.82) is 0 Å². The number of esters is 1. The molecule has 0 unspecified atom stereocenters. The molecule has 0 aliphatic heterocycles. The Bertz CT molecular complexity index is 1060. The minimum atomic E-state index is -3.90. The first-order valence-corrected chi connectivity index (χ1v) is 11.3. The molecule has 0 amide bonds. The standard InChI is InChI=1S/C18H21NO6S2/c1-12-5-8-16(11-17(12)18(20)25-3)27(23,24)19-13(2)14-6-9-15(10-7-14)26(4,21)22/h5-11,13,19H,1-4H3/t13-/m0/s1. The van der Waals surface area contributed by atoms with Crippen LogP contribution in [0.15, 0.2) is 52.3 Å². The van der Waals surface area contributed by atoms with E-state index in [0.29, 0.717) is 11.1 Å². The summed E-state index contributed by atoms with van der Waals surface area (Å²) in [5.74, 6) is -0.617. The Morgan fingerprint density at radius 3 is 2.07 bits per heavy atom. The predicted octanol–water partition coefficient (Wildman–Crippen LogP) is 2.22. The summed E-state index contributed by atoms with van der Waals surface area (Å²) in [5.41, 5.74) is 1.38. The smallest absolute Gasteiger partial charge is 0.338 e. The van der Waals surface area contributed by atoms with Crippen molar-refractivity contribution in [3.05, 3.63) is 59.2 Å². The number of carbonyl (C=O) groups is 1. The summed E-state index contributed by atoms with van der Waals surface area (Å²) in [5, 5.41) is 0. The number of ether oxygens (including phenoxy) is 1. The molecular weight excluding hydrogens is 390 g/mol. The molecule has 0 saturated heterocycles. The molecule has 2 rings (SSSR count). The maximum absolute atomic E-state index is 12.7. The number of methoxy groups -OCH3 is 1. The van der Waals surface area contributed by atoms with Crippen LogP contribution < -0.4 is 4.72 Å². The fourth-order valence-electron chi connectivity index (χ4n) is 2.47. The van der Waals surface area contributed by atoms with Gasteiger partial charge in [-0.25, -0.2) is 26.4 Å². The Morgan fingerprint density at radius 2 is 1.56 bits per heavy atom. The summed E-state index contributed by atoms with van der Waals surface area (Å²) in [7, 11) is -6.00. The number of benzene rings is 2. The quantitative estimate of drug-likeness (QED) is 0.731. The van der Waals surface area contributed by atoms with Gasteiger partial charge in [-0.2, -0.15) is 0 Å². The highest BCUT2D eigenvalue weighted by atomic mass is 32.2. The number of nitrogens with one attached hydrogen (secondary N) is 1. The third-order valence-electron chi connectivity index (χ3n) is 4.06. The summed E-state index contributed by atoms with van der Waals surface area (Å²) >= 11 is 0. The van der Waals surface area contributed by atoms with E-state index >= 15 is 0 Å². The molecule has 0 bridgehead atoms. The van der Waals surface area contributed by atoms with Crippen LogP contribution >= 0.6 is 0 Å². The lowest BCUT2D eigenvalue weighted by Crippen LogP contribution is -2.27. The maximum Gasteiger partial charge on any atom is 0.338 e. The van der Waals surface area contributed by atoms with Crippen molar-refractivity contribution < 1.29 is 26.4 Å². The number of hydrogen-bond donors (Lipinski definition) is 1. The minimum Gasteiger partial charge on any atom is -0.465 e. The van der Waals surface area contributed by atoms with E-state index in [2.05, 4.69) is 9.46 Å². The first-order chi connectivity index (χ1) is 12.5. The van der Waals surface area contributed by atoms with Crippen LogP contribution in [0.4, 0.5) is 0 Å². The molecule has 1 N–H and O–H groups in total. The van der Waals surface area contributed by atoms with Gasteiger partial charge in [-0.15, -0.1) is 0 Å². The third-order valence-corrected chi connectivity index (χ3v) is 6.73. The molecule has 27 heavy (non-hydrogen) atoms. The molecule has 0 spiro atoms. The van der Waals surface area contributed by atoms with Crippen LogP contribution in [0.2, 0.25) is 0 Å². The first kappa shape index (κ1) is 21.1.